The SMILES string of the molecule is Cc1ccc(F)c(-c2ccc(O)cc2C)c1. The van der Waals surface area contributed by atoms with Crippen molar-refractivity contribution in [1.29, 1.82) is 0 Å². The number of benzene rings is 2. The highest BCUT2D eigenvalue weighted by Crippen LogP contribution is 2.29. The van der Waals surface area contributed by atoms with Crippen LogP contribution in [0.4, 0.5) is 4.39 Å². The first-order valence-electron chi connectivity index (χ1n) is 5.14. The Bertz CT molecular complexity index is 532. The third-order valence-electron chi connectivity index (χ3n) is 2.62. The van der Waals surface area contributed by atoms with Gasteiger partial charge in [0.15, 0.2) is 0 Å². The summed E-state index contributed by atoms with van der Waals surface area (Å²) in [5.74, 6) is -0.0336. The van der Waals surface area contributed by atoms with E-state index in [1.54, 1.807) is 24.3 Å². The van der Waals surface area contributed by atoms with Gasteiger partial charge < -0.3 is 5.11 Å². The first-order chi connectivity index (χ1) is 7.58. The summed E-state index contributed by atoms with van der Waals surface area (Å²) in [6.07, 6.45) is 0. The van der Waals surface area contributed by atoms with Crippen molar-refractivity contribution in [2.24, 2.45) is 0 Å². The van der Waals surface area contributed by atoms with Gasteiger partial charge in [0, 0.05) is 5.56 Å². The predicted octanol–water partition coefficient (Wildman–Crippen LogP) is 3.82. The molecule has 2 aromatic carbocycles. The van der Waals surface area contributed by atoms with Crippen LogP contribution in [0.15, 0.2) is 36.4 Å². The summed E-state index contributed by atoms with van der Waals surface area (Å²) in [5, 5.41) is 9.31. The standard InChI is InChI=1S/C14H13FO/c1-9-3-6-14(15)13(7-9)12-5-4-11(16)8-10(12)2/h3-8,16H,1-2H3. The highest BCUT2D eigenvalue weighted by atomic mass is 19.1. The Morgan fingerprint density at radius 1 is 0.938 bits per heavy atom. The van der Waals surface area contributed by atoms with Crippen LogP contribution < -0.4 is 0 Å². The second kappa shape index (κ2) is 3.97. The lowest BCUT2D eigenvalue weighted by atomic mass is 9.98. The lowest BCUT2D eigenvalue weighted by Crippen LogP contribution is -1.88. The molecule has 0 amide bonds. The highest BCUT2D eigenvalue weighted by Gasteiger charge is 2.08. The number of phenolic OH excluding ortho intramolecular Hbond substituents is 1. The lowest BCUT2D eigenvalue weighted by molar-refractivity contribution is 0.475. The van der Waals surface area contributed by atoms with Gasteiger partial charge in [-0.15, -0.1) is 0 Å². The molecule has 0 saturated heterocycles. The minimum atomic E-state index is -0.237. The maximum atomic E-state index is 13.7. The topological polar surface area (TPSA) is 20.2 Å². The second-order valence-electron chi connectivity index (χ2n) is 3.98. The van der Waals surface area contributed by atoms with Crippen LogP contribution in [0.5, 0.6) is 5.75 Å². The molecule has 0 spiro atoms. The molecule has 2 aromatic rings. The Morgan fingerprint density at radius 3 is 2.38 bits per heavy atom. The van der Waals surface area contributed by atoms with Crippen LogP contribution in [0.25, 0.3) is 11.1 Å². The maximum Gasteiger partial charge on any atom is 0.131 e. The van der Waals surface area contributed by atoms with Crippen molar-refractivity contribution >= 4 is 0 Å². The molecule has 82 valence electrons. The molecule has 2 heteroatoms. The highest BCUT2D eigenvalue weighted by molar-refractivity contribution is 5.69. The van der Waals surface area contributed by atoms with E-state index in [0.29, 0.717) is 5.56 Å². The van der Waals surface area contributed by atoms with Crippen molar-refractivity contribution in [3.05, 3.63) is 53.3 Å². The monoisotopic (exact) mass is 216 g/mol. The van der Waals surface area contributed by atoms with Gasteiger partial charge in [0.2, 0.25) is 0 Å². The minimum absolute atomic E-state index is 0.203. The molecular weight excluding hydrogens is 203 g/mol. The zero-order valence-electron chi connectivity index (χ0n) is 9.29. The Hall–Kier alpha value is -1.83. The molecule has 0 unspecified atom stereocenters. The zero-order valence-corrected chi connectivity index (χ0v) is 9.29. The molecule has 2 rings (SSSR count). The summed E-state index contributed by atoms with van der Waals surface area (Å²) in [6.45, 7) is 3.79. The molecule has 0 aliphatic rings. The Balaban J connectivity index is 2.62. The Kier molecular flexibility index (Phi) is 2.65. The van der Waals surface area contributed by atoms with Gasteiger partial charge in [-0.3, -0.25) is 0 Å². The largest absolute Gasteiger partial charge is 0.508 e. The van der Waals surface area contributed by atoms with E-state index in [0.717, 1.165) is 16.7 Å². The molecule has 1 N–H and O–H groups in total. The van der Waals surface area contributed by atoms with Gasteiger partial charge in [-0.25, -0.2) is 4.39 Å². The summed E-state index contributed by atoms with van der Waals surface area (Å²) in [7, 11) is 0. The Labute approximate surface area is 94.2 Å². The molecule has 1 nitrogen and oxygen atoms in total. The van der Waals surface area contributed by atoms with Gasteiger partial charge in [0.1, 0.15) is 11.6 Å². The molecule has 0 saturated carbocycles. The summed E-state index contributed by atoms with van der Waals surface area (Å²) in [6, 6.07) is 9.98. The van der Waals surface area contributed by atoms with E-state index in [1.807, 2.05) is 19.9 Å². The number of aromatic hydroxyl groups is 1. The Morgan fingerprint density at radius 2 is 1.69 bits per heavy atom. The summed E-state index contributed by atoms with van der Waals surface area (Å²) in [4.78, 5) is 0. The van der Waals surface area contributed by atoms with Gasteiger partial charge >= 0.3 is 0 Å². The molecule has 0 aliphatic heterocycles. The molecule has 0 atom stereocenters. The third kappa shape index (κ3) is 1.91. The van der Waals surface area contributed by atoms with Crippen molar-refractivity contribution in [3.63, 3.8) is 0 Å². The first kappa shape index (κ1) is 10.7. The second-order valence-corrected chi connectivity index (χ2v) is 3.98. The number of phenols is 1. The number of aryl methyl sites for hydroxylation is 2. The molecule has 0 heterocycles. The third-order valence-corrected chi connectivity index (χ3v) is 2.62. The maximum absolute atomic E-state index is 13.7. The minimum Gasteiger partial charge on any atom is -0.508 e. The van der Waals surface area contributed by atoms with Gasteiger partial charge in [-0.05, 0) is 49.2 Å². The lowest BCUT2D eigenvalue weighted by Gasteiger charge is -2.08. The van der Waals surface area contributed by atoms with Crippen LogP contribution in [0.1, 0.15) is 11.1 Å². The first-order valence-corrected chi connectivity index (χ1v) is 5.14. The van der Waals surface area contributed by atoms with Crippen LogP contribution >= 0.6 is 0 Å². The fourth-order valence-electron chi connectivity index (χ4n) is 1.80. The fourth-order valence-corrected chi connectivity index (χ4v) is 1.80. The van der Waals surface area contributed by atoms with Gasteiger partial charge in [-0.2, -0.15) is 0 Å². The van der Waals surface area contributed by atoms with E-state index in [1.165, 1.54) is 6.07 Å². The number of hydrogen-bond donors (Lipinski definition) is 1. The zero-order chi connectivity index (χ0) is 11.7. The average molecular weight is 216 g/mol. The van der Waals surface area contributed by atoms with Crippen LogP contribution in [0, 0.1) is 19.7 Å². The van der Waals surface area contributed by atoms with Gasteiger partial charge in [0.25, 0.3) is 0 Å². The van der Waals surface area contributed by atoms with Crippen LogP contribution in [0.3, 0.4) is 0 Å². The predicted molar refractivity (Wildman–Crippen MR) is 63.0 cm³/mol. The molecule has 0 fully saturated rings. The van der Waals surface area contributed by atoms with E-state index in [4.69, 9.17) is 0 Å². The van der Waals surface area contributed by atoms with Crippen LogP contribution in [-0.2, 0) is 0 Å². The van der Waals surface area contributed by atoms with Crippen molar-refractivity contribution < 1.29 is 9.50 Å². The average Bonchev–Trinajstić information content (AvgIpc) is 2.22. The number of hydrogen-bond acceptors (Lipinski definition) is 1. The normalized spacial score (nSPS) is 10.4. The van der Waals surface area contributed by atoms with Crippen molar-refractivity contribution in [1.82, 2.24) is 0 Å². The molecule has 0 aliphatic carbocycles. The number of halogens is 1. The number of rotatable bonds is 1. The van der Waals surface area contributed by atoms with Crippen molar-refractivity contribution in [2.75, 3.05) is 0 Å². The summed E-state index contributed by atoms with van der Waals surface area (Å²) < 4.78 is 13.7. The van der Waals surface area contributed by atoms with Crippen molar-refractivity contribution in [2.45, 2.75) is 13.8 Å². The smallest absolute Gasteiger partial charge is 0.131 e. The fraction of sp³-hybridized carbons (Fsp3) is 0.143. The van der Waals surface area contributed by atoms with Crippen LogP contribution in [-0.4, -0.2) is 5.11 Å². The van der Waals surface area contributed by atoms with E-state index in [-0.39, 0.29) is 11.6 Å². The van der Waals surface area contributed by atoms with E-state index in [2.05, 4.69) is 0 Å². The molecule has 0 radical (unpaired) electrons. The van der Waals surface area contributed by atoms with Crippen LogP contribution in [0.2, 0.25) is 0 Å². The van der Waals surface area contributed by atoms with E-state index in [9.17, 15) is 9.50 Å². The summed E-state index contributed by atoms with van der Waals surface area (Å²) >= 11 is 0. The van der Waals surface area contributed by atoms with E-state index >= 15 is 0 Å². The molecular formula is C14H13FO. The van der Waals surface area contributed by atoms with Crippen molar-refractivity contribution in [3.8, 4) is 16.9 Å². The van der Waals surface area contributed by atoms with E-state index < -0.39 is 0 Å². The summed E-state index contributed by atoms with van der Waals surface area (Å²) in [5.41, 5.74) is 3.28. The quantitative estimate of drug-likeness (QED) is 0.768. The molecule has 0 bridgehead atoms. The molecule has 16 heavy (non-hydrogen) atoms. The molecule has 0 aromatic heterocycles. The van der Waals surface area contributed by atoms with Gasteiger partial charge in [0.05, 0.1) is 0 Å². The van der Waals surface area contributed by atoms with Gasteiger partial charge in [-0.1, -0.05) is 17.7 Å².